The molecule has 124 valence electrons. The second-order valence-corrected chi connectivity index (χ2v) is 6.07. The van der Waals surface area contributed by atoms with Crippen molar-refractivity contribution in [3.05, 3.63) is 53.6 Å². The summed E-state index contributed by atoms with van der Waals surface area (Å²) >= 11 is 5.79. The van der Waals surface area contributed by atoms with Crippen molar-refractivity contribution >= 4 is 34.8 Å². The molecule has 3 rings (SSSR count). The number of anilines is 2. The number of nitrogens with one attached hydrogen (secondary N) is 2. The Morgan fingerprint density at radius 1 is 1.04 bits per heavy atom. The van der Waals surface area contributed by atoms with E-state index in [1.165, 1.54) is 0 Å². The standard InChI is InChI=1S/C18H17ClN2O3/c19-13-6-8-16(9-7-13)24-11-17(22)20-14-2-1-3-15(10-14)21-18(23)12-4-5-12/h1-3,6-10,12H,4-5,11H2,(H,20,22)(H,21,23). The third kappa shape index (κ3) is 4.73. The molecule has 1 saturated carbocycles. The monoisotopic (exact) mass is 344 g/mol. The molecular formula is C18H17ClN2O3. The summed E-state index contributed by atoms with van der Waals surface area (Å²) in [5.74, 6) is 0.455. The van der Waals surface area contributed by atoms with Gasteiger partial charge in [-0.25, -0.2) is 0 Å². The smallest absolute Gasteiger partial charge is 0.262 e. The Kier molecular flexibility index (Phi) is 5.01. The number of halogens is 1. The molecule has 2 aromatic carbocycles. The molecule has 0 aliphatic heterocycles. The van der Waals surface area contributed by atoms with Gasteiger partial charge in [0.05, 0.1) is 0 Å². The number of carbonyl (C=O) groups excluding carboxylic acids is 2. The van der Waals surface area contributed by atoms with Crippen molar-refractivity contribution in [1.29, 1.82) is 0 Å². The lowest BCUT2D eigenvalue weighted by molar-refractivity contribution is -0.118. The molecule has 2 amide bonds. The summed E-state index contributed by atoms with van der Waals surface area (Å²) < 4.78 is 5.39. The fraction of sp³-hybridized carbons (Fsp3) is 0.222. The first kappa shape index (κ1) is 16.3. The molecule has 6 heteroatoms. The van der Waals surface area contributed by atoms with Gasteiger partial charge < -0.3 is 15.4 Å². The molecule has 0 spiro atoms. The van der Waals surface area contributed by atoms with Gasteiger partial charge in [-0.1, -0.05) is 17.7 Å². The Morgan fingerprint density at radius 2 is 1.71 bits per heavy atom. The minimum absolute atomic E-state index is 0.0320. The van der Waals surface area contributed by atoms with Gasteiger partial charge in [0.15, 0.2) is 6.61 Å². The molecule has 0 aromatic heterocycles. The molecule has 0 heterocycles. The van der Waals surface area contributed by atoms with Gasteiger partial charge in [-0.2, -0.15) is 0 Å². The molecule has 1 aliphatic rings. The van der Waals surface area contributed by atoms with Crippen LogP contribution in [0.5, 0.6) is 5.75 Å². The minimum Gasteiger partial charge on any atom is -0.484 e. The zero-order valence-electron chi connectivity index (χ0n) is 12.9. The Balaban J connectivity index is 1.51. The van der Waals surface area contributed by atoms with Crippen LogP contribution in [-0.2, 0) is 9.59 Å². The van der Waals surface area contributed by atoms with E-state index >= 15 is 0 Å². The van der Waals surface area contributed by atoms with Crippen LogP contribution in [0.1, 0.15) is 12.8 Å². The summed E-state index contributed by atoms with van der Waals surface area (Å²) in [5.41, 5.74) is 1.27. The van der Waals surface area contributed by atoms with Crippen molar-refractivity contribution in [1.82, 2.24) is 0 Å². The number of hydrogen-bond acceptors (Lipinski definition) is 3. The minimum atomic E-state index is -0.282. The van der Waals surface area contributed by atoms with Gasteiger partial charge >= 0.3 is 0 Å². The summed E-state index contributed by atoms with van der Waals surface area (Å²) in [5, 5.41) is 6.20. The van der Waals surface area contributed by atoms with E-state index in [0.29, 0.717) is 22.1 Å². The second-order valence-electron chi connectivity index (χ2n) is 5.64. The van der Waals surface area contributed by atoms with E-state index in [0.717, 1.165) is 12.8 Å². The highest BCUT2D eigenvalue weighted by atomic mass is 35.5. The average Bonchev–Trinajstić information content (AvgIpc) is 3.40. The highest BCUT2D eigenvalue weighted by Gasteiger charge is 2.29. The molecule has 1 fully saturated rings. The summed E-state index contributed by atoms with van der Waals surface area (Å²) in [6.07, 6.45) is 1.90. The lowest BCUT2D eigenvalue weighted by Gasteiger charge is -2.09. The van der Waals surface area contributed by atoms with Crippen LogP contribution in [0, 0.1) is 5.92 Å². The predicted molar refractivity (Wildman–Crippen MR) is 93.4 cm³/mol. The Labute approximate surface area is 145 Å². The van der Waals surface area contributed by atoms with Gasteiger partial charge in [-0.3, -0.25) is 9.59 Å². The third-order valence-corrected chi connectivity index (χ3v) is 3.80. The van der Waals surface area contributed by atoms with Crippen molar-refractivity contribution in [2.45, 2.75) is 12.8 Å². The Morgan fingerprint density at radius 3 is 2.38 bits per heavy atom. The maximum Gasteiger partial charge on any atom is 0.262 e. The van der Waals surface area contributed by atoms with Gasteiger partial charge in [0, 0.05) is 22.3 Å². The van der Waals surface area contributed by atoms with Crippen LogP contribution >= 0.6 is 11.6 Å². The van der Waals surface area contributed by atoms with Gasteiger partial charge in [-0.15, -0.1) is 0 Å². The SMILES string of the molecule is O=C(COc1ccc(Cl)cc1)Nc1cccc(NC(=O)C2CC2)c1. The van der Waals surface area contributed by atoms with Crippen LogP contribution < -0.4 is 15.4 Å². The summed E-state index contributed by atoms with van der Waals surface area (Å²) in [6, 6.07) is 13.8. The van der Waals surface area contributed by atoms with E-state index in [9.17, 15) is 9.59 Å². The van der Waals surface area contributed by atoms with Crippen molar-refractivity contribution in [2.75, 3.05) is 17.2 Å². The third-order valence-electron chi connectivity index (χ3n) is 3.55. The number of ether oxygens (including phenoxy) is 1. The fourth-order valence-corrected chi connectivity index (χ4v) is 2.27. The summed E-state index contributed by atoms with van der Waals surface area (Å²) in [6.45, 7) is -0.111. The zero-order chi connectivity index (χ0) is 16.9. The topological polar surface area (TPSA) is 67.4 Å². The first-order chi connectivity index (χ1) is 11.6. The largest absolute Gasteiger partial charge is 0.484 e. The lowest BCUT2D eigenvalue weighted by atomic mass is 10.2. The van der Waals surface area contributed by atoms with Crippen molar-refractivity contribution in [3.63, 3.8) is 0 Å². The van der Waals surface area contributed by atoms with Crippen molar-refractivity contribution in [2.24, 2.45) is 5.92 Å². The quantitative estimate of drug-likeness (QED) is 0.839. The molecule has 2 N–H and O–H groups in total. The van der Waals surface area contributed by atoms with Gasteiger partial charge in [-0.05, 0) is 55.3 Å². The lowest BCUT2D eigenvalue weighted by Crippen LogP contribution is -2.20. The van der Waals surface area contributed by atoms with Crippen LogP contribution in [-0.4, -0.2) is 18.4 Å². The highest BCUT2D eigenvalue weighted by molar-refractivity contribution is 6.30. The average molecular weight is 345 g/mol. The van der Waals surface area contributed by atoms with E-state index in [-0.39, 0.29) is 24.3 Å². The molecule has 0 radical (unpaired) electrons. The van der Waals surface area contributed by atoms with Crippen LogP contribution in [0.4, 0.5) is 11.4 Å². The first-order valence-electron chi connectivity index (χ1n) is 7.69. The summed E-state index contributed by atoms with van der Waals surface area (Å²) in [4.78, 5) is 23.7. The number of amides is 2. The Bertz CT molecular complexity index is 742. The normalized spacial score (nSPS) is 13.2. The fourth-order valence-electron chi connectivity index (χ4n) is 2.14. The van der Waals surface area contributed by atoms with E-state index in [4.69, 9.17) is 16.3 Å². The molecular weight excluding hydrogens is 328 g/mol. The first-order valence-corrected chi connectivity index (χ1v) is 8.07. The maximum absolute atomic E-state index is 12.0. The van der Waals surface area contributed by atoms with Crippen LogP contribution in [0.25, 0.3) is 0 Å². The van der Waals surface area contributed by atoms with Gasteiger partial charge in [0.2, 0.25) is 5.91 Å². The molecule has 0 saturated heterocycles. The van der Waals surface area contributed by atoms with Gasteiger partial charge in [0.1, 0.15) is 5.75 Å². The van der Waals surface area contributed by atoms with Crippen LogP contribution in [0.15, 0.2) is 48.5 Å². The van der Waals surface area contributed by atoms with Crippen LogP contribution in [0.3, 0.4) is 0 Å². The number of carbonyl (C=O) groups is 2. The van der Waals surface area contributed by atoms with E-state index in [1.54, 1.807) is 48.5 Å². The molecule has 1 aliphatic carbocycles. The van der Waals surface area contributed by atoms with E-state index in [1.807, 2.05) is 0 Å². The molecule has 0 atom stereocenters. The zero-order valence-corrected chi connectivity index (χ0v) is 13.7. The highest BCUT2D eigenvalue weighted by Crippen LogP contribution is 2.30. The molecule has 0 unspecified atom stereocenters. The molecule has 24 heavy (non-hydrogen) atoms. The van der Waals surface area contributed by atoms with Gasteiger partial charge in [0.25, 0.3) is 5.91 Å². The van der Waals surface area contributed by atoms with E-state index < -0.39 is 0 Å². The van der Waals surface area contributed by atoms with Crippen molar-refractivity contribution in [3.8, 4) is 5.75 Å². The molecule has 2 aromatic rings. The number of rotatable bonds is 6. The number of benzene rings is 2. The Hall–Kier alpha value is -2.53. The maximum atomic E-state index is 12.0. The van der Waals surface area contributed by atoms with Crippen molar-refractivity contribution < 1.29 is 14.3 Å². The van der Waals surface area contributed by atoms with E-state index in [2.05, 4.69) is 10.6 Å². The molecule has 5 nitrogen and oxygen atoms in total. The second kappa shape index (κ2) is 7.36. The predicted octanol–water partition coefficient (Wildman–Crippen LogP) is 3.71. The van der Waals surface area contributed by atoms with Crippen LogP contribution in [0.2, 0.25) is 5.02 Å². The number of hydrogen-bond donors (Lipinski definition) is 2. The summed E-state index contributed by atoms with van der Waals surface area (Å²) in [7, 11) is 0. The molecule has 0 bridgehead atoms.